The van der Waals surface area contributed by atoms with Crippen LogP contribution in [0, 0.1) is 13.8 Å². The Hall–Kier alpha value is -1.81. The second-order valence-electron chi connectivity index (χ2n) is 3.94. The van der Waals surface area contributed by atoms with Crippen molar-refractivity contribution in [3.05, 3.63) is 45.6 Å². The molecule has 1 heterocycles. The molecule has 0 aliphatic rings. The second-order valence-corrected chi connectivity index (χ2v) is 5.22. The summed E-state index contributed by atoms with van der Waals surface area (Å²) in [4.78, 5) is 13.7. The number of aryl methyl sites for hydroxylation is 2. The van der Waals surface area contributed by atoms with Crippen molar-refractivity contribution < 1.29 is 4.79 Å². The van der Waals surface area contributed by atoms with E-state index in [1.807, 2.05) is 32.0 Å². The largest absolute Gasteiger partial charge is 0.399 e. The molecule has 2 rings (SSSR count). The van der Waals surface area contributed by atoms with E-state index in [2.05, 4.69) is 5.32 Å². The molecule has 1 aromatic heterocycles. The van der Waals surface area contributed by atoms with E-state index in [9.17, 15) is 4.79 Å². The molecule has 0 saturated heterocycles. The van der Waals surface area contributed by atoms with E-state index in [4.69, 9.17) is 5.73 Å². The minimum absolute atomic E-state index is 0.0766. The maximum absolute atomic E-state index is 11.9. The average Bonchev–Trinajstić information content (AvgIpc) is 2.70. The third-order valence-corrected chi connectivity index (χ3v) is 3.49. The smallest absolute Gasteiger partial charge is 0.265 e. The molecule has 4 heteroatoms. The van der Waals surface area contributed by atoms with E-state index < -0.39 is 0 Å². The van der Waals surface area contributed by atoms with Crippen molar-refractivity contribution in [1.82, 2.24) is 0 Å². The van der Waals surface area contributed by atoms with Crippen LogP contribution in [0.3, 0.4) is 0 Å². The first-order chi connectivity index (χ1) is 8.06. The van der Waals surface area contributed by atoms with Crippen molar-refractivity contribution in [2.75, 3.05) is 11.1 Å². The van der Waals surface area contributed by atoms with Crippen LogP contribution in [0.25, 0.3) is 0 Å². The number of nitrogen functional groups attached to an aromatic ring is 1. The minimum Gasteiger partial charge on any atom is -0.399 e. The highest BCUT2D eigenvalue weighted by atomic mass is 32.1. The predicted octanol–water partition coefficient (Wildman–Crippen LogP) is 3.20. The molecule has 1 aromatic carbocycles. The first kappa shape index (κ1) is 11.7. The molecule has 0 atom stereocenters. The van der Waals surface area contributed by atoms with Gasteiger partial charge in [0.05, 0.1) is 4.88 Å². The van der Waals surface area contributed by atoms with Crippen molar-refractivity contribution in [2.45, 2.75) is 13.8 Å². The Morgan fingerprint density at radius 3 is 2.59 bits per heavy atom. The van der Waals surface area contributed by atoms with Crippen LogP contribution in [-0.2, 0) is 0 Å². The third kappa shape index (κ3) is 2.65. The Morgan fingerprint density at radius 2 is 2.00 bits per heavy atom. The van der Waals surface area contributed by atoms with Crippen LogP contribution in [0.15, 0.2) is 30.3 Å². The summed E-state index contributed by atoms with van der Waals surface area (Å²) >= 11 is 1.49. The number of carbonyl (C=O) groups excluding carboxylic acids is 1. The molecule has 3 nitrogen and oxygen atoms in total. The van der Waals surface area contributed by atoms with Gasteiger partial charge in [-0.3, -0.25) is 4.79 Å². The first-order valence-electron chi connectivity index (χ1n) is 5.30. The maximum Gasteiger partial charge on any atom is 0.265 e. The molecule has 0 aliphatic heterocycles. The van der Waals surface area contributed by atoms with Gasteiger partial charge in [-0.1, -0.05) is 0 Å². The highest BCUT2D eigenvalue weighted by molar-refractivity contribution is 7.14. The Kier molecular flexibility index (Phi) is 3.15. The molecule has 1 amide bonds. The molecule has 0 aliphatic carbocycles. The van der Waals surface area contributed by atoms with Gasteiger partial charge in [-0.15, -0.1) is 11.3 Å². The topological polar surface area (TPSA) is 55.1 Å². The lowest BCUT2D eigenvalue weighted by molar-refractivity contribution is 0.103. The molecule has 17 heavy (non-hydrogen) atoms. The first-order valence-corrected chi connectivity index (χ1v) is 6.12. The number of hydrogen-bond donors (Lipinski definition) is 2. The van der Waals surface area contributed by atoms with Gasteiger partial charge in [-0.05, 0) is 49.7 Å². The summed E-state index contributed by atoms with van der Waals surface area (Å²) in [6, 6.07) is 9.24. The SMILES string of the molecule is Cc1ccc(C(=O)Nc2ccc(N)c(C)c2)s1. The number of benzene rings is 1. The van der Waals surface area contributed by atoms with E-state index in [1.54, 1.807) is 12.1 Å². The Bertz CT molecular complexity index is 560. The minimum atomic E-state index is -0.0766. The summed E-state index contributed by atoms with van der Waals surface area (Å²) in [7, 11) is 0. The number of amides is 1. The van der Waals surface area contributed by atoms with Gasteiger partial charge in [-0.2, -0.15) is 0 Å². The normalized spacial score (nSPS) is 10.2. The van der Waals surface area contributed by atoms with Gasteiger partial charge in [0, 0.05) is 16.3 Å². The lowest BCUT2D eigenvalue weighted by Crippen LogP contribution is -2.10. The number of carbonyl (C=O) groups is 1. The summed E-state index contributed by atoms with van der Waals surface area (Å²) in [5.74, 6) is -0.0766. The highest BCUT2D eigenvalue weighted by Crippen LogP contribution is 2.20. The fraction of sp³-hybridized carbons (Fsp3) is 0.154. The number of nitrogens with one attached hydrogen (secondary N) is 1. The average molecular weight is 246 g/mol. The van der Waals surface area contributed by atoms with Gasteiger partial charge in [0.2, 0.25) is 0 Å². The molecule has 88 valence electrons. The fourth-order valence-electron chi connectivity index (χ4n) is 1.50. The lowest BCUT2D eigenvalue weighted by Gasteiger charge is -2.06. The highest BCUT2D eigenvalue weighted by Gasteiger charge is 2.08. The van der Waals surface area contributed by atoms with E-state index in [1.165, 1.54) is 11.3 Å². The van der Waals surface area contributed by atoms with Crippen molar-refractivity contribution in [3.63, 3.8) is 0 Å². The van der Waals surface area contributed by atoms with Gasteiger partial charge in [-0.25, -0.2) is 0 Å². The van der Waals surface area contributed by atoms with Crippen LogP contribution in [0.4, 0.5) is 11.4 Å². The number of rotatable bonds is 2. The third-order valence-electron chi connectivity index (χ3n) is 2.49. The number of hydrogen-bond acceptors (Lipinski definition) is 3. The standard InChI is InChI=1S/C13H14N2OS/c1-8-7-10(4-5-11(8)14)15-13(16)12-6-3-9(2)17-12/h3-7H,14H2,1-2H3,(H,15,16). The van der Waals surface area contributed by atoms with Gasteiger partial charge in [0.1, 0.15) is 0 Å². The molecule has 0 bridgehead atoms. The zero-order valence-electron chi connectivity index (χ0n) is 9.78. The monoisotopic (exact) mass is 246 g/mol. The van der Waals surface area contributed by atoms with Gasteiger partial charge >= 0.3 is 0 Å². The van der Waals surface area contributed by atoms with Gasteiger partial charge in [0.25, 0.3) is 5.91 Å². The van der Waals surface area contributed by atoms with E-state index in [0.29, 0.717) is 0 Å². The quantitative estimate of drug-likeness (QED) is 0.799. The summed E-state index contributed by atoms with van der Waals surface area (Å²) in [6.45, 7) is 3.90. The van der Waals surface area contributed by atoms with Crippen molar-refractivity contribution in [1.29, 1.82) is 0 Å². The number of anilines is 2. The van der Waals surface area contributed by atoms with Crippen LogP contribution >= 0.6 is 11.3 Å². The second kappa shape index (κ2) is 4.59. The van der Waals surface area contributed by atoms with E-state index in [0.717, 1.165) is 26.7 Å². The molecule has 0 radical (unpaired) electrons. The summed E-state index contributed by atoms with van der Waals surface area (Å²) in [5.41, 5.74) is 8.19. The molecule has 0 fully saturated rings. The van der Waals surface area contributed by atoms with Crippen LogP contribution in [0.2, 0.25) is 0 Å². The van der Waals surface area contributed by atoms with Gasteiger partial charge < -0.3 is 11.1 Å². The molecule has 0 spiro atoms. The summed E-state index contributed by atoms with van der Waals surface area (Å²) < 4.78 is 0. The Balaban J connectivity index is 2.15. The molecular formula is C13H14N2OS. The molecule has 0 saturated carbocycles. The Labute approximate surface area is 104 Å². The van der Waals surface area contributed by atoms with Crippen molar-refractivity contribution >= 4 is 28.6 Å². The zero-order chi connectivity index (χ0) is 12.4. The van der Waals surface area contributed by atoms with Crippen LogP contribution < -0.4 is 11.1 Å². The van der Waals surface area contributed by atoms with Gasteiger partial charge in [0.15, 0.2) is 0 Å². The van der Waals surface area contributed by atoms with E-state index in [-0.39, 0.29) is 5.91 Å². The van der Waals surface area contributed by atoms with Crippen LogP contribution in [-0.4, -0.2) is 5.91 Å². The van der Waals surface area contributed by atoms with Crippen molar-refractivity contribution in [2.24, 2.45) is 0 Å². The van der Waals surface area contributed by atoms with Crippen LogP contribution in [0.1, 0.15) is 20.1 Å². The molecule has 0 unspecified atom stereocenters. The Morgan fingerprint density at radius 1 is 1.24 bits per heavy atom. The molecular weight excluding hydrogens is 232 g/mol. The lowest BCUT2D eigenvalue weighted by atomic mass is 10.2. The zero-order valence-corrected chi connectivity index (χ0v) is 10.6. The summed E-state index contributed by atoms with van der Waals surface area (Å²) in [6.07, 6.45) is 0. The summed E-state index contributed by atoms with van der Waals surface area (Å²) in [5, 5.41) is 2.86. The van der Waals surface area contributed by atoms with Crippen LogP contribution in [0.5, 0.6) is 0 Å². The number of nitrogens with two attached hydrogens (primary N) is 1. The molecule has 3 N–H and O–H groups in total. The fourth-order valence-corrected chi connectivity index (χ4v) is 2.27. The predicted molar refractivity (Wildman–Crippen MR) is 72.6 cm³/mol. The molecule has 2 aromatic rings. The number of thiophene rings is 1. The maximum atomic E-state index is 11.9. The van der Waals surface area contributed by atoms with E-state index >= 15 is 0 Å². The van der Waals surface area contributed by atoms with Crippen molar-refractivity contribution in [3.8, 4) is 0 Å².